The van der Waals surface area contributed by atoms with Crippen LogP contribution in [-0.2, 0) is 11.3 Å². The molecule has 1 fully saturated rings. The van der Waals surface area contributed by atoms with Crippen molar-refractivity contribution in [3.63, 3.8) is 0 Å². The second-order valence-corrected chi connectivity index (χ2v) is 7.71. The van der Waals surface area contributed by atoms with E-state index in [-0.39, 0.29) is 11.7 Å². The molecule has 3 heterocycles. The van der Waals surface area contributed by atoms with Crippen LogP contribution in [0.25, 0.3) is 0 Å². The van der Waals surface area contributed by atoms with Crippen LogP contribution in [-0.4, -0.2) is 40.8 Å². The SMILES string of the molecule is Cc1cc([C@@H]2Nc3ccccc3C(=O)N2CC(F)(F)F)c(C)n1C[C@H]1CCCO1. The van der Waals surface area contributed by atoms with E-state index in [1.54, 1.807) is 24.3 Å². The van der Waals surface area contributed by atoms with Gasteiger partial charge in [0.2, 0.25) is 0 Å². The lowest BCUT2D eigenvalue weighted by Gasteiger charge is -2.38. The summed E-state index contributed by atoms with van der Waals surface area (Å²) in [5.74, 6) is -0.620. The molecule has 0 bridgehead atoms. The van der Waals surface area contributed by atoms with Crippen LogP contribution >= 0.6 is 0 Å². The van der Waals surface area contributed by atoms with Crippen molar-refractivity contribution in [2.45, 2.75) is 51.7 Å². The molecule has 0 radical (unpaired) electrons. The Bertz CT molecular complexity index is 916. The zero-order valence-corrected chi connectivity index (χ0v) is 16.4. The van der Waals surface area contributed by atoms with E-state index in [4.69, 9.17) is 4.74 Å². The number of rotatable bonds is 4. The Morgan fingerprint density at radius 2 is 2.00 bits per heavy atom. The van der Waals surface area contributed by atoms with Gasteiger partial charge in [0.25, 0.3) is 5.91 Å². The van der Waals surface area contributed by atoms with Crippen LogP contribution in [0.2, 0.25) is 0 Å². The fourth-order valence-corrected chi connectivity index (χ4v) is 4.27. The third-order valence-electron chi connectivity index (χ3n) is 5.69. The van der Waals surface area contributed by atoms with Crippen LogP contribution < -0.4 is 5.32 Å². The number of hydrogen-bond donors (Lipinski definition) is 1. The summed E-state index contributed by atoms with van der Waals surface area (Å²) in [6, 6.07) is 8.54. The molecule has 0 aliphatic carbocycles. The number of carbonyl (C=O) groups excluding carboxylic acids is 1. The summed E-state index contributed by atoms with van der Waals surface area (Å²) in [5.41, 5.74) is 3.25. The van der Waals surface area contributed by atoms with E-state index < -0.39 is 24.8 Å². The van der Waals surface area contributed by atoms with Crippen LogP contribution in [0, 0.1) is 13.8 Å². The minimum absolute atomic E-state index is 0.112. The van der Waals surface area contributed by atoms with Crippen LogP contribution in [0.1, 0.15) is 46.3 Å². The van der Waals surface area contributed by atoms with Gasteiger partial charge >= 0.3 is 6.18 Å². The summed E-state index contributed by atoms with van der Waals surface area (Å²) in [7, 11) is 0. The molecule has 1 aromatic carbocycles. The van der Waals surface area contributed by atoms with E-state index in [2.05, 4.69) is 9.88 Å². The first-order valence-corrected chi connectivity index (χ1v) is 9.76. The fourth-order valence-electron chi connectivity index (χ4n) is 4.27. The van der Waals surface area contributed by atoms with Crippen molar-refractivity contribution in [1.29, 1.82) is 0 Å². The number of nitrogens with zero attached hydrogens (tertiary/aromatic N) is 2. The highest BCUT2D eigenvalue weighted by atomic mass is 19.4. The predicted molar refractivity (Wildman–Crippen MR) is 103 cm³/mol. The molecule has 2 aromatic rings. The number of benzene rings is 1. The molecule has 4 rings (SSSR count). The number of halogens is 3. The van der Waals surface area contributed by atoms with E-state index in [0.717, 1.165) is 35.7 Å². The van der Waals surface area contributed by atoms with Gasteiger partial charge in [0.05, 0.1) is 11.7 Å². The van der Waals surface area contributed by atoms with Gasteiger partial charge < -0.3 is 19.5 Å². The number of anilines is 1. The molecule has 2 aliphatic heterocycles. The first-order chi connectivity index (χ1) is 13.7. The topological polar surface area (TPSA) is 46.5 Å². The maximum absolute atomic E-state index is 13.3. The normalized spacial score (nSPS) is 22.0. The van der Waals surface area contributed by atoms with Crippen LogP contribution in [0.3, 0.4) is 0 Å². The Morgan fingerprint density at radius 3 is 2.69 bits per heavy atom. The van der Waals surface area contributed by atoms with Gasteiger partial charge in [-0.1, -0.05) is 12.1 Å². The second kappa shape index (κ2) is 7.40. The largest absolute Gasteiger partial charge is 0.406 e. The van der Waals surface area contributed by atoms with Crippen LogP contribution in [0.5, 0.6) is 0 Å². The van der Waals surface area contributed by atoms with Gasteiger partial charge in [-0.15, -0.1) is 0 Å². The van der Waals surface area contributed by atoms with Gasteiger partial charge in [0.15, 0.2) is 0 Å². The number of carbonyl (C=O) groups is 1. The third-order valence-corrected chi connectivity index (χ3v) is 5.69. The van der Waals surface area contributed by atoms with Crippen molar-refractivity contribution >= 4 is 11.6 Å². The Morgan fingerprint density at radius 1 is 1.24 bits per heavy atom. The summed E-state index contributed by atoms with van der Waals surface area (Å²) >= 11 is 0. The molecule has 1 N–H and O–H groups in total. The maximum atomic E-state index is 13.3. The summed E-state index contributed by atoms with van der Waals surface area (Å²) in [5, 5.41) is 3.15. The molecular weight excluding hydrogens is 383 g/mol. The van der Waals surface area contributed by atoms with Gasteiger partial charge in [-0.2, -0.15) is 13.2 Å². The summed E-state index contributed by atoms with van der Waals surface area (Å²) in [6.45, 7) is 3.90. The Hall–Kier alpha value is -2.48. The van der Waals surface area contributed by atoms with Gasteiger partial charge in [-0.05, 0) is 44.9 Å². The molecule has 1 aromatic heterocycles. The van der Waals surface area contributed by atoms with E-state index in [1.165, 1.54) is 0 Å². The molecule has 29 heavy (non-hydrogen) atoms. The molecule has 1 saturated heterocycles. The average Bonchev–Trinajstić information content (AvgIpc) is 3.27. The number of alkyl halides is 3. The van der Waals surface area contributed by atoms with Crippen molar-refractivity contribution in [1.82, 2.24) is 9.47 Å². The Labute approximate surface area is 167 Å². The van der Waals surface area contributed by atoms with Gasteiger partial charge in [0, 0.05) is 35.8 Å². The number of para-hydroxylation sites is 1. The van der Waals surface area contributed by atoms with Crippen molar-refractivity contribution in [3.05, 3.63) is 52.8 Å². The average molecular weight is 407 g/mol. The number of amides is 1. The molecule has 2 atom stereocenters. The highest BCUT2D eigenvalue weighted by Gasteiger charge is 2.41. The number of ether oxygens (including phenoxy) is 1. The quantitative estimate of drug-likeness (QED) is 0.817. The lowest BCUT2D eigenvalue weighted by Crippen LogP contribution is -2.47. The molecule has 1 amide bonds. The highest BCUT2D eigenvalue weighted by Crippen LogP contribution is 2.37. The van der Waals surface area contributed by atoms with E-state index in [0.29, 0.717) is 17.8 Å². The fraction of sp³-hybridized carbons (Fsp3) is 0.476. The van der Waals surface area contributed by atoms with Crippen LogP contribution in [0.15, 0.2) is 30.3 Å². The van der Waals surface area contributed by atoms with Crippen molar-refractivity contribution in [2.75, 3.05) is 18.5 Å². The molecule has 8 heteroatoms. The van der Waals surface area contributed by atoms with Gasteiger partial charge in [-0.25, -0.2) is 0 Å². The number of fused-ring (bicyclic) bond motifs is 1. The molecule has 2 aliphatic rings. The predicted octanol–water partition coefficient (Wildman–Crippen LogP) is 4.41. The number of nitrogens with one attached hydrogen (secondary N) is 1. The Balaban J connectivity index is 1.72. The maximum Gasteiger partial charge on any atom is 0.406 e. The lowest BCUT2D eigenvalue weighted by atomic mass is 10.0. The molecule has 0 saturated carbocycles. The van der Waals surface area contributed by atoms with Crippen molar-refractivity contribution < 1.29 is 22.7 Å². The van der Waals surface area contributed by atoms with E-state index >= 15 is 0 Å². The van der Waals surface area contributed by atoms with Crippen molar-refractivity contribution in [3.8, 4) is 0 Å². The second-order valence-electron chi connectivity index (χ2n) is 7.71. The molecule has 5 nitrogen and oxygen atoms in total. The van der Waals surface area contributed by atoms with Crippen LogP contribution in [0.4, 0.5) is 18.9 Å². The highest BCUT2D eigenvalue weighted by molar-refractivity contribution is 6.01. The first kappa shape index (κ1) is 19.8. The summed E-state index contributed by atoms with van der Waals surface area (Å²) < 4.78 is 47.7. The molecule has 0 spiro atoms. The van der Waals surface area contributed by atoms with Gasteiger partial charge in [-0.3, -0.25) is 4.79 Å². The summed E-state index contributed by atoms with van der Waals surface area (Å²) in [4.78, 5) is 13.8. The first-order valence-electron chi connectivity index (χ1n) is 9.76. The zero-order valence-electron chi connectivity index (χ0n) is 16.4. The van der Waals surface area contributed by atoms with Crippen molar-refractivity contribution in [2.24, 2.45) is 0 Å². The third kappa shape index (κ3) is 3.85. The molecule has 0 unspecified atom stereocenters. The Kier molecular flexibility index (Phi) is 5.06. The zero-order chi connectivity index (χ0) is 20.8. The smallest absolute Gasteiger partial charge is 0.376 e. The monoisotopic (exact) mass is 407 g/mol. The summed E-state index contributed by atoms with van der Waals surface area (Å²) in [6.07, 6.45) is -3.28. The minimum atomic E-state index is -4.49. The number of hydrogen-bond acceptors (Lipinski definition) is 3. The molecule has 156 valence electrons. The van der Waals surface area contributed by atoms with E-state index in [1.807, 2.05) is 19.9 Å². The van der Waals surface area contributed by atoms with E-state index in [9.17, 15) is 18.0 Å². The number of aromatic nitrogens is 1. The lowest BCUT2D eigenvalue weighted by molar-refractivity contribution is -0.144. The standard InChI is InChI=1S/C21H24F3N3O2/c1-13-10-17(14(2)26(13)11-15-6-5-9-29-15)19-25-18-8-4-3-7-16(18)20(28)27(19)12-21(22,23)24/h3-4,7-8,10,15,19,25H,5-6,9,11-12H2,1-2H3/t15-,19-/m1/s1. The number of aryl methyl sites for hydroxylation is 1. The molecular formula is C21H24F3N3O2. The van der Waals surface area contributed by atoms with Gasteiger partial charge in [0.1, 0.15) is 12.7 Å². The minimum Gasteiger partial charge on any atom is -0.376 e.